The Morgan fingerprint density at radius 1 is 1.28 bits per heavy atom. The summed E-state index contributed by atoms with van der Waals surface area (Å²) in [5.41, 5.74) is 1.04. The number of rotatable bonds is 2. The maximum Gasteiger partial charge on any atom is 0.432 e. The first-order valence-corrected chi connectivity index (χ1v) is 8.01. The van der Waals surface area contributed by atoms with Crippen LogP contribution in [-0.2, 0) is 6.18 Å². The van der Waals surface area contributed by atoms with E-state index in [1.54, 1.807) is 4.90 Å². The van der Waals surface area contributed by atoms with Crippen molar-refractivity contribution < 1.29 is 18.0 Å². The fourth-order valence-electron chi connectivity index (χ4n) is 3.12. The molecule has 0 unspecified atom stereocenters. The van der Waals surface area contributed by atoms with Gasteiger partial charge in [0.1, 0.15) is 5.69 Å². The molecule has 8 heteroatoms. The van der Waals surface area contributed by atoms with E-state index in [1.165, 1.54) is 0 Å². The summed E-state index contributed by atoms with van der Waals surface area (Å²) in [7, 11) is 0. The maximum atomic E-state index is 12.7. The van der Waals surface area contributed by atoms with E-state index in [-0.39, 0.29) is 11.7 Å². The van der Waals surface area contributed by atoms with Crippen LogP contribution in [0.15, 0.2) is 30.3 Å². The quantitative estimate of drug-likeness (QED) is 0.904. The molecule has 0 spiro atoms. The number of carbonyl (C=O) groups is 1. The van der Waals surface area contributed by atoms with Crippen molar-refractivity contribution in [2.75, 3.05) is 24.5 Å². The number of H-pyrrole nitrogens is 1. The molecule has 2 aromatic rings. The Morgan fingerprint density at radius 2 is 2.00 bits per heavy atom. The third-order valence-corrected chi connectivity index (χ3v) is 4.45. The molecule has 25 heavy (non-hydrogen) atoms. The van der Waals surface area contributed by atoms with E-state index in [0.717, 1.165) is 17.3 Å². The van der Waals surface area contributed by atoms with Crippen molar-refractivity contribution >= 4 is 11.6 Å². The molecule has 2 heterocycles. The number of anilines is 1. The molecular formula is C17H19F3N4O. The SMILES string of the molecule is Cc1ccccc1N1CCN(C(=O)c2cc(C(F)(F)F)[nH]n2)[C@H](C)C1. The molecule has 1 aromatic carbocycles. The van der Waals surface area contributed by atoms with Crippen LogP contribution in [0.5, 0.6) is 0 Å². The number of nitrogens with zero attached hydrogens (tertiary/aromatic N) is 3. The second-order valence-electron chi connectivity index (χ2n) is 6.24. The zero-order valence-electron chi connectivity index (χ0n) is 14.0. The summed E-state index contributed by atoms with van der Waals surface area (Å²) in [5.74, 6) is -0.483. The van der Waals surface area contributed by atoms with Crippen LogP contribution >= 0.6 is 0 Å². The van der Waals surface area contributed by atoms with E-state index in [2.05, 4.69) is 10.00 Å². The lowest BCUT2D eigenvalue weighted by atomic mass is 10.1. The summed E-state index contributed by atoms with van der Waals surface area (Å²) in [5, 5.41) is 5.42. The first-order valence-electron chi connectivity index (χ1n) is 8.01. The largest absolute Gasteiger partial charge is 0.432 e. The van der Waals surface area contributed by atoms with Crippen LogP contribution < -0.4 is 4.90 Å². The normalized spacial score (nSPS) is 18.5. The van der Waals surface area contributed by atoms with E-state index in [9.17, 15) is 18.0 Å². The predicted octanol–water partition coefficient (Wildman–Crippen LogP) is 3.09. The Kier molecular flexibility index (Phi) is 4.45. The average molecular weight is 352 g/mol. The molecule has 1 aliphatic heterocycles. The van der Waals surface area contributed by atoms with Gasteiger partial charge < -0.3 is 9.80 Å². The molecule has 0 radical (unpaired) electrons. The molecule has 0 bridgehead atoms. The van der Waals surface area contributed by atoms with E-state index in [0.29, 0.717) is 19.6 Å². The molecule has 1 aromatic heterocycles. The number of amides is 1. The third kappa shape index (κ3) is 3.47. The van der Waals surface area contributed by atoms with Crippen molar-refractivity contribution in [1.29, 1.82) is 0 Å². The molecule has 1 aliphatic rings. The molecule has 5 nitrogen and oxygen atoms in total. The predicted molar refractivity (Wildman–Crippen MR) is 87.5 cm³/mol. The lowest BCUT2D eigenvalue weighted by Crippen LogP contribution is -2.54. The monoisotopic (exact) mass is 352 g/mol. The van der Waals surface area contributed by atoms with Crippen LogP contribution in [0.2, 0.25) is 0 Å². The number of para-hydroxylation sites is 1. The highest BCUT2D eigenvalue weighted by atomic mass is 19.4. The third-order valence-electron chi connectivity index (χ3n) is 4.45. The number of alkyl halides is 3. The summed E-state index contributed by atoms with van der Waals surface area (Å²) in [4.78, 5) is 16.3. The lowest BCUT2D eigenvalue weighted by Gasteiger charge is -2.41. The Labute approximate surface area is 143 Å². The molecule has 0 saturated carbocycles. The molecule has 1 amide bonds. The van der Waals surface area contributed by atoms with Gasteiger partial charge in [0, 0.05) is 37.4 Å². The number of carbonyl (C=O) groups excluding carboxylic acids is 1. The minimum Gasteiger partial charge on any atom is -0.367 e. The standard InChI is InChI=1S/C17H19F3N4O/c1-11-5-3-4-6-14(11)23-7-8-24(12(2)10-23)16(25)13-9-15(22-21-13)17(18,19)20/h3-6,9,12H,7-8,10H2,1-2H3,(H,21,22)/t12-/m1/s1. The highest BCUT2D eigenvalue weighted by molar-refractivity contribution is 5.92. The minimum absolute atomic E-state index is 0.133. The van der Waals surface area contributed by atoms with Gasteiger partial charge in [0.25, 0.3) is 5.91 Å². The topological polar surface area (TPSA) is 52.2 Å². The molecule has 134 valence electrons. The van der Waals surface area contributed by atoms with Crippen molar-refractivity contribution in [3.8, 4) is 0 Å². The highest BCUT2D eigenvalue weighted by Crippen LogP contribution is 2.28. The van der Waals surface area contributed by atoms with E-state index in [1.807, 2.05) is 43.2 Å². The van der Waals surface area contributed by atoms with Crippen LogP contribution in [-0.4, -0.2) is 46.7 Å². The molecule has 1 N–H and O–H groups in total. The van der Waals surface area contributed by atoms with Gasteiger partial charge in [-0.2, -0.15) is 18.3 Å². The summed E-state index contributed by atoms with van der Waals surface area (Å²) >= 11 is 0. The summed E-state index contributed by atoms with van der Waals surface area (Å²) in [6.07, 6.45) is -4.54. The number of nitrogens with one attached hydrogen (secondary N) is 1. The first kappa shape index (κ1) is 17.3. The Hall–Kier alpha value is -2.51. The molecule has 3 rings (SSSR count). The Balaban J connectivity index is 1.72. The van der Waals surface area contributed by atoms with E-state index < -0.39 is 17.8 Å². The molecule has 0 aliphatic carbocycles. The Bertz CT molecular complexity index is 771. The van der Waals surface area contributed by atoms with Crippen molar-refractivity contribution in [2.45, 2.75) is 26.1 Å². The van der Waals surface area contributed by atoms with Crippen molar-refractivity contribution in [2.24, 2.45) is 0 Å². The second-order valence-corrected chi connectivity index (χ2v) is 6.24. The summed E-state index contributed by atoms with van der Waals surface area (Å²) in [6.45, 7) is 5.59. The number of piperazine rings is 1. The number of aromatic nitrogens is 2. The van der Waals surface area contributed by atoms with Crippen LogP contribution in [0.1, 0.15) is 28.7 Å². The molecule has 1 atom stereocenters. The van der Waals surface area contributed by atoms with Gasteiger partial charge in [-0.15, -0.1) is 0 Å². The van der Waals surface area contributed by atoms with Gasteiger partial charge in [0.2, 0.25) is 0 Å². The van der Waals surface area contributed by atoms with Crippen LogP contribution in [0, 0.1) is 6.92 Å². The molecular weight excluding hydrogens is 333 g/mol. The summed E-state index contributed by atoms with van der Waals surface area (Å²) in [6, 6.07) is 8.63. The van der Waals surface area contributed by atoms with Gasteiger partial charge in [-0.1, -0.05) is 18.2 Å². The summed E-state index contributed by atoms with van der Waals surface area (Å²) < 4.78 is 38.0. The number of halogens is 3. The van der Waals surface area contributed by atoms with Gasteiger partial charge in [-0.25, -0.2) is 0 Å². The van der Waals surface area contributed by atoms with Gasteiger partial charge in [-0.05, 0) is 25.5 Å². The molecule has 1 saturated heterocycles. The van der Waals surface area contributed by atoms with Crippen molar-refractivity contribution in [3.05, 3.63) is 47.3 Å². The maximum absolute atomic E-state index is 12.7. The minimum atomic E-state index is -4.54. The molecule has 1 fully saturated rings. The average Bonchev–Trinajstić information content (AvgIpc) is 3.05. The Morgan fingerprint density at radius 3 is 2.60 bits per heavy atom. The zero-order valence-corrected chi connectivity index (χ0v) is 14.0. The van der Waals surface area contributed by atoms with Crippen molar-refractivity contribution in [1.82, 2.24) is 15.1 Å². The van der Waals surface area contributed by atoms with E-state index in [4.69, 9.17) is 0 Å². The second kappa shape index (κ2) is 6.42. The fraction of sp³-hybridized carbons (Fsp3) is 0.412. The number of aryl methyl sites for hydroxylation is 1. The number of aromatic amines is 1. The smallest absolute Gasteiger partial charge is 0.367 e. The van der Waals surface area contributed by atoms with Gasteiger partial charge in [-0.3, -0.25) is 9.89 Å². The van der Waals surface area contributed by atoms with Gasteiger partial charge in [0.15, 0.2) is 5.69 Å². The van der Waals surface area contributed by atoms with E-state index >= 15 is 0 Å². The number of hydrogen-bond acceptors (Lipinski definition) is 3. The highest BCUT2D eigenvalue weighted by Gasteiger charge is 2.35. The van der Waals surface area contributed by atoms with Crippen LogP contribution in [0.4, 0.5) is 18.9 Å². The zero-order chi connectivity index (χ0) is 18.2. The van der Waals surface area contributed by atoms with Gasteiger partial charge >= 0.3 is 6.18 Å². The van der Waals surface area contributed by atoms with Crippen LogP contribution in [0.3, 0.4) is 0 Å². The fourth-order valence-corrected chi connectivity index (χ4v) is 3.12. The first-order chi connectivity index (χ1) is 11.8. The van der Waals surface area contributed by atoms with Crippen molar-refractivity contribution in [3.63, 3.8) is 0 Å². The van der Waals surface area contributed by atoms with Crippen LogP contribution in [0.25, 0.3) is 0 Å². The number of hydrogen-bond donors (Lipinski definition) is 1. The lowest BCUT2D eigenvalue weighted by molar-refractivity contribution is -0.141. The van der Waals surface area contributed by atoms with Gasteiger partial charge in [0.05, 0.1) is 0 Å². The number of benzene rings is 1.